The molecule has 6 heteroatoms. The van der Waals surface area contributed by atoms with Crippen LogP contribution in [0.5, 0.6) is 0 Å². The van der Waals surface area contributed by atoms with Crippen LogP contribution in [0.15, 0.2) is 30.3 Å². The predicted molar refractivity (Wildman–Crippen MR) is 118 cm³/mol. The van der Waals surface area contributed by atoms with Gasteiger partial charge in [-0.1, -0.05) is 52.9 Å². The Morgan fingerprint density at radius 1 is 0.964 bits per heavy atom. The molecule has 0 unspecified atom stereocenters. The summed E-state index contributed by atoms with van der Waals surface area (Å²) < 4.78 is 12.6. The van der Waals surface area contributed by atoms with E-state index in [1.807, 2.05) is 35.2 Å². The monoisotopic (exact) mass is 498 g/mol. The summed E-state index contributed by atoms with van der Waals surface area (Å²) in [6.07, 6.45) is 7.39. The number of benzene rings is 1. The highest BCUT2D eigenvalue weighted by Crippen LogP contribution is 2.33. The first-order valence-electron chi connectivity index (χ1n) is 10.7. The maximum atomic E-state index is 12.3. The Morgan fingerprint density at radius 3 is 2.32 bits per heavy atom. The first kappa shape index (κ1) is 20.4. The van der Waals surface area contributed by atoms with Gasteiger partial charge in [-0.3, -0.25) is 0 Å². The third kappa shape index (κ3) is 5.39. The van der Waals surface area contributed by atoms with Crippen LogP contribution >= 0.6 is 22.6 Å². The molecule has 0 atom stereocenters. The molecule has 1 aliphatic carbocycles. The number of nitrogens with zero attached hydrogens (tertiary/aromatic N) is 2. The van der Waals surface area contributed by atoms with Crippen LogP contribution in [-0.4, -0.2) is 64.2 Å². The summed E-state index contributed by atoms with van der Waals surface area (Å²) in [7, 11) is 0. The third-order valence-corrected chi connectivity index (χ3v) is 7.58. The normalized spacial score (nSPS) is 27.4. The zero-order valence-electron chi connectivity index (χ0n) is 16.5. The van der Waals surface area contributed by atoms with Gasteiger partial charge in [0.25, 0.3) is 0 Å². The van der Waals surface area contributed by atoms with E-state index in [2.05, 4.69) is 27.5 Å². The van der Waals surface area contributed by atoms with Crippen LogP contribution in [0.2, 0.25) is 0 Å². The standard InChI is InChI=1S/C22H31IN2O3/c23-18-6-10-24(11-7-18)19-14-21(15-19)28-20-8-12-25(13-9-20)22(26)27-16-17-4-2-1-3-5-17/h1-5,18-21H,6-16H2. The molecule has 2 saturated heterocycles. The molecule has 0 N–H and O–H groups in total. The number of hydrogen-bond donors (Lipinski definition) is 0. The third-order valence-electron chi connectivity index (χ3n) is 6.34. The first-order valence-corrected chi connectivity index (χ1v) is 11.9. The average Bonchev–Trinajstić information content (AvgIpc) is 2.71. The van der Waals surface area contributed by atoms with Crippen molar-refractivity contribution in [3.63, 3.8) is 0 Å². The van der Waals surface area contributed by atoms with Crippen LogP contribution in [0.25, 0.3) is 0 Å². The summed E-state index contributed by atoms with van der Waals surface area (Å²) >= 11 is 2.59. The van der Waals surface area contributed by atoms with E-state index in [0.29, 0.717) is 18.8 Å². The largest absolute Gasteiger partial charge is 0.445 e. The number of piperidine rings is 2. The van der Waals surface area contributed by atoms with Gasteiger partial charge < -0.3 is 19.3 Å². The van der Waals surface area contributed by atoms with E-state index in [9.17, 15) is 4.79 Å². The molecule has 154 valence electrons. The Balaban J connectivity index is 1.11. The van der Waals surface area contributed by atoms with Crippen LogP contribution in [-0.2, 0) is 16.1 Å². The highest BCUT2D eigenvalue weighted by atomic mass is 127. The van der Waals surface area contributed by atoms with E-state index in [4.69, 9.17) is 9.47 Å². The van der Waals surface area contributed by atoms with Crippen LogP contribution < -0.4 is 0 Å². The van der Waals surface area contributed by atoms with Crippen LogP contribution in [0.3, 0.4) is 0 Å². The van der Waals surface area contributed by atoms with Gasteiger partial charge in [0, 0.05) is 23.1 Å². The van der Waals surface area contributed by atoms with Crippen molar-refractivity contribution in [1.82, 2.24) is 9.80 Å². The highest BCUT2D eigenvalue weighted by Gasteiger charge is 2.37. The molecule has 5 nitrogen and oxygen atoms in total. The van der Waals surface area contributed by atoms with E-state index in [-0.39, 0.29) is 6.09 Å². The Labute approximate surface area is 181 Å². The first-order chi connectivity index (χ1) is 13.7. The van der Waals surface area contributed by atoms with E-state index in [0.717, 1.165) is 41.5 Å². The van der Waals surface area contributed by atoms with Gasteiger partial charge in [-0.25, -0.2) is 4.79 Å². The van der Waals surface area contributed by atoms with Gasteiger partial charge in [0.1, 0.15) is 6.61 Å². The number of likely N-dealkylation sites (tertiary alicyclic amines) is 2. The summed E-state index contributed by atoms with van der Waals surface area (Å²) in [5, 5.41) is 0. The minimum Gasteiger partial charge on any atom is -0.445 e. The Kier molecular flexibility index (Phi) is 7.12. The Hall–Kier alpha value is -0.860. The molecule has 28 heavy (non-hydrogen) atoms. The molecule has 3 fully saturated rings. The van der Waals surface area contributed by atoms with Crippen LogP contribution in [0, 0.1) is 0 Å². The fourth-order valence-corrected chi connectivity index (χ4v) is 4.99. The van der Waals surface area contributed by atoms with Crippen molar-refractivity contribution in [2.24, 2.45) is 0 Å². The molecule has 1 amide bonds. The lowest BCUT2D eigenvalue weighted by Crippen LogP contribution is -2.52. The van der Waals surface area contributed by atoms with Crippen molar-refractivity contribution < 1.29 is 14.3 Å². The fourth-order valence-electron chi connectivity index (χ4n) is 4.44. The molecule has 1 saturated carbocycles. The highest BCUT2D eigenvalue weighted by molar-refractivity contribution is 14.1. The topological polar surface area (TPSA) is 42.0 Å². The van der Waals surface area contributed by atoms with Gasteiger partial charge >= 0.3 is 6.09 Å². The van der Waals surface area contributed by atoms with Gasteiger partial charge in [-0.15, -0.1) is 0 Å². The Bertz CT molecular complexity index is 622. The molecule has 0 spiro atoms. The molecule has 3 aliphatic rings. The van der Waals surface area contributed by atoms with Gasteiger partial charge in [-0.05, 0) is 57.2 Å². The maximum Gasteiger partial charge on any atom is 0.410 e. The van der Waals surface area contributed by atoms with E-state index >= 15 is 0 Å². The lowest BCUT2D eigenvalue weighted by molar-refractivity contribution is -0.104. The SMILES string of the molecule is O=C(OCc1ccccc1)N1CCC(OC2CC(N3CCC(I)CC3)C2)CC1. The number of carbonyl (C=O) groups excluding carboxylic acids is 1. The quantitative estimate of drug-likeness (QED) is 0.450. The summed E-state index contributed by atoms with van der Waals surface area (Å²) in [5.41, 5.74) is 1.02. The zero-order chi connectivity index (χ0) is 19.3. The summed E-state index contributed by atoms with van der Waals surface area (Å²) in [4.78, 5) is 16.8. The van der Waals surface area contributed by atoms with Gasteiger partial charge in [0.05, 0.1) is 12.2 Å². The number of rotatable bonds is 5. The molecular weight excluding hydrogens is 467 g/mol. The predicted octanol–water partition coefficient (Wildman–Crippen LogP) is 4.23. The lowest BCUT2D eigenvalue weighted by atomic mass is 9.86. The van der Waals surface area contributed by atoms with E-state index in [1.165, 1.54) is 38.8 Å². The van der Waals surface area contributed by atoms with Gasteiger partial charge in [0.15, 0.2) is 0 Å². The summed E-state index contributed by atoms with van der Waals surface area (Å²) in [5.74, 6) is 0. The van der Waals surface area contributed by atoms with Crippen LogP contribution in [0.1, 0.15) is 44.1 Å². The number of hydrogen-bond acceptors (Lipinski definition) is 4. The van der Waals surface area contributed by atoms with E-state index in [1.54, 1.807) is 0 Å². The van der Waals surface area contributed by atoms with Crippen LogP contribution in [0.4, 0.5) is 4.79 Å². The molecule has 0 bridgehead atoms. The number of halogens is 1. The molecule has 1 aromatic carbocycles. The molecule has 2 aliphatic heterocycles. The van der Waals surface area contributed by atoms with Gasteiger partial charge in [0.2, 0.25) is 0 Å². The maximum absolute atomic E-state index is 12.3. The number of ether oxygens (including phenoxy) is 2. The molecule has 2 heterocycles. The van der Waals surface area contributed by atoms with Crippen molar-refractivity contribution in [3.05, 3.63) is 35.9 Å². The summed E-state index contributed by atoms with van der Waals surface area (Å²) in [6.45, 7) is 4.33. The number of amides is 1. The van der Waals surface area contributed by atoms with E-state index < -0.39 is 0 Å². The second-order valence-corrected chi connectivity index (χ2v) is 10.1. The lowest BCUT2D eigenvalue weighted by Gasteiger charge is -2.46. The molecule has 4 rings (SSSR count). The fraction of sp³-hybridized carbons (Fsp3) is 0.682. The minimum atomic E-state index is -0.204. The van der Waals surface area contributed by atoms with Crippen molar-refractivity contribution in [3.8, 4) is 0 Å². The van der Waals surface area contributed by atoms with Crippen molar-refractivity contribution in [2.45, 2.75) is 67.3 Å². The number of alkyl halides is 1. The summed E-state index contributed by atoms with van der Waals surface area (Å²) in [6, 6.07) is 10.6. The molecule has 0 aromatic heterocycles. The zero-order valence-corrected chi connectivity index (χ0v) is 18.6. The van der Waals surface area contributed by atoms with Crippen molar-refractivity contribution in [1.29, 1.82) is 0 Å². The van der Waals surface area contributed by atoms with Crippen molar-refractivity contribution >= 4 is 28.7 Å². The second-order valence-electron chi connectivity index (χ2n) is 8.32. The molecule has 0 radical (unpaired) electrons. The Morgan fingerprint density at radius 2 is 1.64 bits per heavy atom. The molecular formula is C22H31IN2O3. The average molecular weight is 498 g/mol. The van der Waals surface area contributed by atoms with Crippen molar-refractivity contribution in [2.75, 3.05) is 26.2 Å². The minimum absolute atomic E-state index is 0.204. The second kappa shape index (κ2) is 9.76. The number of carbonyl (C=O) groups is 1. The van der Waals surface area contributed by atoms with Gasteiger partial charge in [-0.2, -0.15) is 0 Å². The molecule has 1 aromatic rings. The smallest absolute Gasteiger partial charge is 0.410 e.